The van der Waals surface area contributed by atoms with Crippen molar-refractivity contribution in [1.82, 2.24) is 24.8 Å². The zero-order chi connectivity index (χ0) is 14.8. The third-order valence-electron chi connectivity index (χ3n) is 3.57. The second kappa shape index (κ2) is 5.76. The number of rotatable bonds is 3. The molecular formula is C12H17F2N7. The van der Waals surface area contributed by atoms with Crippen molar-refractivity contribution in [1.29, 1.82) is 0 Å². The normalized spacial score (nSPS) is 17.6. The lowest BCUT2D eigenvalue weighted by Gasteiger charge is -2.22. The predicted molar refractivity (Wildman–Crippen MR) is 75.4 cm³/mol. The van der Waals surface area contributed by atoms with Gasteiger partial charge >= 0.3 is 0 Å². The van der Waals surface area contributed by atoms with Crippen LogP contribution in [0.2, 0.25) is 0 Å². The standard InChI is InChI=1S/C12H17F2N7/c13-8(14)6-20-2-1-3-21(5-4-20)11-9-10(17-7-16-9)18-12(15)19-11/h7-8H,1-6H2,(H3,15,16,17,18,19). The highest BCUT2D eigenvalue weighted by atomic mass is 19.3. The molecule has 0 atom stereocenters. The molecule has 7 nitrogen and oxygen atoms in total. The number of nitrogens with two attached hydrogens (primary N) is 1. The van der Waals surface area contributed by atoms with Gasteiger partial charge in [0.1, 0.15) is 5.52 Å². The van der Waals surface area contributed by atoms with Crippen molar-refractivity contribution in [3.63, 3.8) is 0 Å². The van der Waals surface area contributed by atoms with E-state index in [4.69, 9.17) is 5.73 Å². The van der Waals surface area contributed by atoms with Crippen LogP contribution in [0.3, 0.4) is 0 Å². The van der Waals surface area contributed by atoms with Crippen LogP contribution in [0.15, 0.2) is 6.33 Å². The van der Waals surface area contributed by atoms with Gasteiger partial charge in [0.15, 0.2) is 11.5 Å². The number of hydrogen-bond donors (Lipinski definition) is 2. The second-order valence-electron chi connectivity index (χ2n) is 5.04. The fraction of sp³-hybridized carbons (Fsp3) is 0.583. The average Bonchev–Trinajstić information content (AvgIpc) is 2.77. The SMILES string of the molecule is Nc1nc(N2CCCN(CC(F)F)CC2)c2[nH]cnc2n1. The number of imidazole rings is 1. The van der Waals surface area contributed by atoms with Gasteiger partial charge in [-0.1, -0.05) is 0 Å². The highest BCUT2D eigenvalue weighted by Crippen LogP contribution is 2.23. The Labute approximate surface area is 120 Å². The molecule has 0 aromatic carbocycles. The van der Waals surface area contributed by atoms with Gasteiger partial charge < -0.3 is 15.6 Å². The Morgan fingerprint density at radius 3 is 2.90 bits per heavy atom. The van der Waals surface area contributed by atoms with Crippen molar-refractivity contribution in [2.24, 2.45) is 0 Å². The number of nitrogens with one attached hydrogen (secondary N) is 1. The molecular weight excluding hydrogens is 280 g/mol. The van der Waals surface area contributed by atoms with E-state index in [1.54, 1.807) is 11.2 Å². The first-order chi connectivity index (χ1) is 10.1. The number of aromatic nitrogens is 4. The summed E-state index contributed by atoms with van der Waals surface area (Å²) in [5, 5.41) is 0. The van der Waals surface area contributed by atoms with Crippen LogP contribution in [0.25, 0.3) is 11.2 Å². The Bertz CT molecular complexity index is 615. The van der Waals surface area contributed by atoms with E-state index in [9.17, 15) is 8.78 Å². The maximum atomic E-state index is 12.5. The molecule has 0 aliphatic carbocycles. The lowest BCUT2D eigenvalue weighted by atomic mass is 10.3. The Morgan fingerprint density at radius 2 is 2.10 bits per heavy atom. The first kappa shape index (κ1) is 13.9. The van der Waals surface area contributed by atoms with Crippen molar-refractivity contribution < 1.29 is 8.78 Å². The van der Waals surface area contributed by atoms with Gasteiger partial charge in [-0.3, -0.25) is 4.90 Å². The molecule has 9 heteroatoms. The fourth-order valence-electron chi connectivity index (χ4n) is 2.62. The zero-order valence-corrected chi connectivity index (χ0v) is 11.5. The molecule has 1 aliphatic rings. The van der Waals surface area contributed by atoms with Gasteiger partial charge in [-0.2, -0.15) is 9.97 Å². The third-order valence-corrected chi connectivity index (χ3v) is 3.57. The molecule has 0 saturated carbocycles. The first-order valence-corrected chi connectivity index (χ1v) is 6.85. The number of hydrogen-bond acceptors (Lipinski definition) is 6. The molecule has 0 amide bonds. The highest BCUT2D eigenvalue weighted by Gasteiger charge is 2.21. The van der Waals surface area contributed by atoms with E-state index in [0.29, 0.717) is 31.1 Å². The summed E-state index contributed by atoms with van der Waals surface area (Å²) in [6, 6.07) is 0. The van der Waals surface area contributed by atoms with E-state index in [2.05, 4.69) is 19.9 Å². The highest BCUT2D eigenvalue weighted by molar-refractivity contribution is 5.84. The minimum absolute atomic E-state index is 0.165. The number of fused-ring (bicyclic) bond motifs is 1. The quantitative estimate of drug-likeness (QED) is 0.868. The minimum atomic E-state index is -2.30. The number of halogens is 2. The summed E-state index contributed by atoms with van der Waals surface area (Å²) in [6.07, 6.45) is 0.0423. The third kappa shape index (κ3) is 3.02. The van der Waals surface area contributed by atoms with Gasteiger partial charge in [-0.05, 0) is 6.42 Å². The van der Waals surface area contributed by atoms with E-state index in [1.165, 1.54) is 0 Å². The first-order valence-electron chi connectivity index (χ1n) is 6.85. The van der Waals surface area contributed by atoms with Gasteiger partial charge in [0.05, 0.1) is 12.9 Å². The van der Waals surface area contributed by atoms with Crippen LogP contribution in [0, 0.1) is 0 Å². The maximum Gasteiger partial charge on any atom is 0.251 e. The van der Waals surface area contributed by atoms with E-state index in [0.717, 1.165) is 18.5 Å². The van der Waals surface area contributed by atoms with Crippen LogP contribution in [0.4, 0.5) is 20.5 Å². The average molecular weight is 297 g/mol. The molecule has 1 saturated heterocycles. The molecule has 0 radical (unpaired) electrons. The van der Waals surface area contributed by atoms with Crippen LogP contribution in [0.1, 0.15) is 6.42 Å². The molecule has 0 bridgehead atoms. The summed E-state index contributed by atoms with van der Waals surface area (Å²) in [7, 11) is 0. The molecule has 0 spiro atoms. The monoisotopic (exact) mass is 297 g/mol. The molecule has 0 unspecified atom stereocenters. The lowest BCUT2D eigenvalue weighted by Crippen LogP contribution is -2.34. The Morgan fingerprint density at radius 1 is 1.24 bits per heavy atom. The van der Waals surface area contributed by atoms with Gasteiger partial charge in [0.2, 0.25) is 5.95 Å². The van der Waals surface area contributed by atoms with Crippen LogP contribution in [-0.4, -0.2) is 64.0 Å². The van der Waals surface area contributed by atoms with Gasteiger partial charge in [-0.15, -0.1) is 0 Å². The summed E-state index contributed by atoms with van der Waals surface area (Å²) in [5.74, 6) is 0.854. The predicted octanol–water partition coefficient (Wildman–Crippen LogP) is 0.712. The minimum Gasteiger partial charge on any atom is -0.368 e. The molecule has 21 heavy (non-hydrogen) atoms. The fourth-order valence-corrected chi connectivity index (χ4v) is 2.62. The molecule has 1 fully saturated rings. The van der Waals surface area contributed by atoms with E-state index < -0.39 is 6.43 Å². The molecule has 1 aliphatic heterocycles. The molecule has 2 aromatic heterocycles. The van der Waals surface area contributed by atoms with Crippen LogP contribution >= 0.6 is 0 Å². The van der Waals surface area contributed by atoms with E-state index in [1.807, 2.05) is 4.90 Å². The van der Waals surface area contributed by atoms with Gasteiger partial charge in [0.25, 0.3) is 6.43 Å². The van der Waals surface area contributed by atoms with Crippen LogP contribution in [-0.2, 0) is 0 Å². The second-order valence-corrected chi connectivity index (χ2v) is 5.04. The number of anilines is 2. The summed E-state index contributed by atoms with van der Waals surface area (Å²) >= 11 is 0. The van der Waals surface area contributed by atoms with Crippen molar-refractivity contribution >= 4 is 22.9 Å². The van der Waals surface area contributed by atoms with Crippen molar-refractivity contribution in [3.05, 3.63) is 6.33 Å². The molecule has 3 heterocycles. The molecule has 3 N–H and O–H groups in total. The topological polar surface area (TPSA) is 87.0 Å². The smallest absolute Gasteiger partial charge is 0.251 e. The lowest BCUT2D eigenvalue weighted by molar-refractivity contribution is 0.0917. The van der Waals surface area contributed by atoms with E-state index >= 15 is 0 Å². The number of H-pyrrole nitrogens is 1. The van der Waals surface area contributed by atoms with Crippen molar-refractivity contribution in [2.75, 3.05) is 43.4 Å². The summed E-state index contributed by atoms with van der Waals surface area (Å²) in [5.41, 5.74) is 6.96. The van der Waals surface area contributed by atoms with Crippen molar-refractivity contribution in [2.45, 2.75) is 12.8 Å². The molecule has 114 valence electrons. The van der Waals surface area contributed by atoms with Gasteiger partial charge in [-0.25, -0.2) is 13.8 Å². The Balaban J connectivity index is 1.81. The Kier molecular flexibility index (Phi) is 3.82. The maximum absolute atomic E-state index is 12.5. The molecule has 3 rings (SSSR count). The largest absolute Gasteiger partial charge is 0.368 e. The summed E-state index contributed by atoms with van der Waals surface area (Å²) in [4.78, 5) is 19.3. The zero-order valence-electron chi connectivity index (χ0n) is 11.5. The van der Waals surface area contributed by atoms with Crippen LogP contribution < -0.4 is 10.6 Å². The van der Waals surface area contributed by atoms with Crippen molar-refractivity contribution in [3.8, 4) is 0 Å². The number of alkyl halides is 2. The molecule has 2 aromatic rings. The number of nitrogens with zero attached hydrogens (tertiary/aromatic N) is 5. The number of nitrogen functional groups attached to an aromatic ring is 1. The summed E-state index contributed by atoms with van der Waals surface area (Å²) in [6.45, 7) is 2.41. The Hall–Kier alpha value is -2.03. The van der Waals surface area contributed by atoms with E-state index in [-0.39, 0.29) is 12.5 Å². The van der Waals surface area contributed by atoms with Crippen LogP contribution in [0.5, 0.6) is 0 Å². The van der Waals surface area contributed by atoms with Gasteiger partial charge in [0, 0.05) is 26.2 Å². The number of aromatic amines is 1. The summed E-state index contributed by atoms with van der Waals surface area (Å²) < 4.78 is 25.0.